The third-order valence-electron chi connectivity index (χ3n) is 6.25. The molecule has 2 aromatic carbocycles. The first kappa shape index (κ1) is 21.6. The number of rotatable bonds is 6. The van der Waals surface area contributed by atoms with E-state index in [1.165, 1.54) is 56.6 Å². The van der Waals surface area contributed by atoms with Gasteiger partial charge in [0.1, 0.15) is 0 Å². The number of anilines is 2. The number of sulfonamides is 1. The Hall–Kier alpha value is -2.58. The van der Waals surface area contributed by atoms with E-state index in [-0.39, 0.29) is 10.5 Å². The second-order valence-corrected chi connectivity index (χ2v) is 9.95. The second-order valence-electron chi connectivity index (χ2n) is 8.27. The summed E-state index contributed by atoms with van der Waals surface area (Å²) in [6, 6.07) is 13.3. The van der Waals surface area contributed by atoms with E-state index in [1.807, 2.05) is 0 Å². The fraction of sp³-hybridized carbons (Fsp3) is 0.435. The minimum atomic E-state index is -3.82. The number of carboxylic acid groups (broad SMARTS) is 1. The lowest BCUT2D eigenvalue weighted by atomic mass is 9.99. The highest BCUT2D eigenvalue weighted by molar-refractivity contribution is 7.92. The zero-order valence-corrected chi connectivity index (χ0v) is 18.4. The highest BCUT2D eigenvalue weighted by atomic mass is 32.2. The van der Waals surface area contributed by atoms with Gasteiger partial charge in [0.25, 0.3) is 10.0 Å². The normalized spacial score (nSPS) is 18.6. The molecule has 0 radical (unpaired) electrons. The number of nitrogens with zero attached hydrogens (tertiary/aromatic N) is 2. The van der Waals surface area contributed by atoms with E-state index >= 15 is 0 Å². The van der Waals surface area contributed by atoms with Gasteiger partial charge in [0.15, 0.2) is 0 Å². The van der Waals surface area contributed by atoms with Crippen LogP contribution in [0, 0.1) is 0 Å². The van der Waals surface area contributed by atoms with Crippen molar-refractivity contribution in [2.75, 3.05) is 35.8 Å². The van der Waals surface area contributed by atoms with Crippen LogP contribution in [0.4, 0.5) is 11.4 Å². The molecule has 0 aliphatic carbocycles. The van der Waals surface area contributed by atoms with E-state index < -0.39 is 16.0 Å². The molecular weight excluding hydrogens is 414 g/mol. The minimum absolute atomic E-state index is 0.0534. The molecule has 0 unspecified atom stereocenters. The van der Waals surface area contributed by atoms with Gasteiger partial charge in [-0.2, -0.15) is 0 Å². The Bertz CT molecular complexity index is 1010. The number of benzene rings is 2. The molecule has 0 spiro atoms. The standard InChI is InChI=1S/C23H29N3O4S/c27-23(28)18-9-10-22(21(17-18)24-31(29,30)20-7-3-1-4-8-20)26-15-11-19(12-16-26)25-13-5-2-6-14-25/h1,3-4,7-10,17,19,24H,2,5-6,11-16H2,(H,27,28). The van der Waals surface area contributed by atoms with Crippen molar-refractivity contribution in [3.63, 3.8) is 0 Å². The lowest BCUT2D eigenvalue weighted by Crippen LogP contribution is -2.46. The van der Waals surface area contributed by atoms with Crippen LogP contribution in [-0.2, 0) is 10.0 Å². The third kappa shape index (κ3) is 5.02. The predicted octanol–water partition coefficient (Wildman–Crippen LogP) is 3.64. The Kier molecular flexibility index (Phi) is 6.48. The molecule has 8 heteroatoms. The second kappa shape index (κ2) is 9.28. The van der Waals surface area contributed by atoms with Crippen molar-refractivity contribution in [2.24, 2.45) is 0 Å². The van der Waals surface area contributed by atoms with Crippen molar-refractivity contribution < 1.29 is 18.3 Å². The lowest BCUT2D eigenvalue weighted by Gasteiger charge is -2.41. The van der Waals surface area contributed by atoms with Crippen molar-refractivity contribution in [1.82, 2.24) is 4.90 Å². The van der Waals surface area contributed by atoms with Crippen LogP contribution in [0.1, 0.15) is 42.5 Å². The molecule has 0 amide bonds. The fourth-order valence-electron chi connectivity index (χ4n) is 4.59. The average molecular weight is 444 g/mol. The smallest absolute Gasteiger partial charge is 0.335 e. The van der Waals surface area contributed by atoms with Gasteiger partial charge in [-0.1, -0.05) is 24.6 Å². The van der Waals surface area contributed by atoms with Gasteiger partial charge in [0.05, 0.1) is 21.8 Å². The molecule has 0 bridgehead atoms. The van der Waals surface area contributed by atoms with Crippen LogP contribution in [-0.4, -0.2) is 56.6 Å². The monoisotopic (exact) mass is 443 g/mol. The van der Waals surface area contributed by atoms with Gasteiger partial charge in [0.2, 0.25) is 0 Å². The zero-order chi connectivity index (χ0) is 21.8. The molecule has 2 aliphatic heterocycles. The van der Waals surface area contributed by atoms with Gasteiger partial charge in [-0.15, -0.1) is 0 Å². The van der Waals surface area contributed by atoms with Crippen LogP contribution in [0.15, 0.2) is 53.4 Å². The average Bonchev–Trinajstić information content (AvgIpc) is 2.80. The van der Waals surface area contributed by atoms with Crippen molar-refractivity contribution in [1.29, 1.82) is 0 Å². The highest BCUT2D eigenvalue weighted by Gasteiger charge is 2.27. The molecule has 2 fully saturated rings. The molecular formula is C23H29N3O4S. The molecule has 7 nitrogen and oxygen atoms in total. The van der Waals surface area contributed by atoms with Crippen molar-refractivity contribution in [3.8, 4) is 0 Å². The van der Waals surface area contributed by atoms with Gasteiger partial charge < -0.3 is 14.9 Å². The highest BCUT2D eigenvalue weighted by Crippen LogP contribution is 2.32. The number of carbonyl (C=O) groups is 1. The van der Waals surface area contributed by atoms with Crippen molar-refractivity contribution >= 4 is 27.4 Å². The van der Waals surface area contributed by atoms with Crippen LogP contribution in [0.5, 0.6) is 0 Å². The first-order valence-corrected chi connectivity index (χ1v) is 12.4. The predicted molar refractivity (Wildman–Crippen MR) is 121 cm³/mol. The van der Waals surface area contributed by atoms with Crippen LogP contribution >= 0.6 is 0 Å². The largest absolute Gasteiger partial charge is 0.478 e. The number of aromatic carboxylic acids is 1. The maximum Gasteiger partial charge on any atom is 0.335 e. The molecule has 2 heterocycles. The summed E-state index contributed by atoms with van der Waals surface area (Å²) < 4.78 is 28.4. The van der Waals surface area contributed by atoms with Crippen LogP contribution in [0.25, 0.3) is 0 Å². The van der Waals surface area contributed by atoms with Crippen molar-refractivity contribution in [3.05, 3.63) is 54.1 Å². The summed E-state index contributed by atoms with van der Waals surface area (Å²) in [5, 5.41) is 9.41. The van der Waals surface area contributed by atoms with E-state index in [1.54, 1.807) is 24.3 Å². The Morgan fingerprint density at radius 1 is 0.935 bits per heavy atom. The van der Waals surface area contributed by atoms with Gasteiger partial charge in [0, 0.05) is 19.1 Å². The van der Waals surface area contributed by atoms with E-state index in [4.69, 9.17) is 0 Å². The van der Waals surface area contributed by atoms with Gasteiger partial charge in [-0.05, 0) is 69.1 Å². The molecule has 2 N–H and O–H groups in total. The first-order valence-electron chi connectivity index (χ1n) is 10.9. The molecule has 166 valence electrons. The zero-order valence-electron chi connectivity index (χ0n) is 17.5. The summed E-state index contributed by atoms with van der Waals surface area (Å²) in [5.74, 6) is -1.09. The maximum atomic E-state index is 12.9. The Balaban J connectivity index is 1.56. The lowest BCUT2D eigenvalue weighted by molar-refractivity contribution is 0.0697. The number of hydrogen-bond acceptors (Lipinski definition) is 5. The van der Waals surface area contributed by atoms with Crippen LogP contribution in [0.3, 0.4) is 0 Å². The van der Waals surface area contributed by atoms with E-state index in [9.17, 15) is 18.3 Å². The Morgan fingerprint density at radius 2 is 1.61 bits per heavy atom. The summed E-state index contributed by atoms with van der Waals surface area (Å²) in [5.41, 5.74) is 1.08. The summed E-state index contributed by atoms with van der Waals surface area (Å²) in [4.78, 5) is 16.4. The van der Waals surface area contributed by atoms with Crippen LogP contribution in [0.2, 0.25) is 0 Å². The van der Waals surface area contributed by atoms with Gasteiger partial charge in [-0.3, -0.25) is 4.72 Å². The Morgan fingerprint density at radius 3 is 2.26 bits per heavy atom. The first-order chi connectivity index (χ1) is 14.9. The SMILES string of the molecule is O=C(O)c1ccc(N2CCC(N3CCCCC3)CC2)c(NS(=O)(=O)c2ccccc2)c1. The molecule has 0 aromatic heterocycles. The number of hydrogen-bond donors (Lipinski definition) is 2. The quantitative estimate of drug-likeness (QED) is 0.709. The fourth-order valence-corrected chi connectivity index (χ4v) is 5.67. The third-order valence-corrected chi connectivity index (χ3v) is 7.63. The molecule has 2 aromatic rings. The minimum Gasteiger partial charge on any atom is -0.478 e. The van der Waals surface area contributed by atoms with E-state index in [0.29, 0.717) is 11.7 Å². The number of carboxylic acids is 1. The van der Waals surface area contributed by atoms with E-state index in [0.717, 1.165) is 31.6 Å². The Labute approximate surface area is 183 Å². The summed E-state index contributed by atoms with van der Waals surface area (Å²) >= 11 is 0. The summed E-state index contributed by atoms with van der Waals surface area (Å²) in [6.07, 6.45) is 5.89. The summed E-state index contributed by atoms with van der Waals surface area (Å²) in [7, 11) is -3.82. The maximum absolute atomic E-state index is 12.9. The summed E-state index contributed by atoms with van der Waals surface area (Å²) in [6.45, 7) is 3.96. The van der Waals surface area contributed by atoms with Crippen molar-refractivity contribution in [2.45, 2.75) is 43.0 Å². The number of nitrogens with one attached hydrogen (secondary N) is 1. The number of piperidine rings is 2. The molecule has 4 rings (SSSR count). The van der Waals surface area contributed by atoms with Crippen LogP contribution < -0.4 is 9.62 Å². The van der Waals surface area contributed by atoms with E-state index in [2.05, 4.69) is 14.5 Å². The number of likely N-dealkylation sites (tertiary alicyclic amines) is 1. The molecule has 2 aliphatic rings. The molecule has 31 heavy (non-hydrogen) atoms. The topological polar surface area (TPSA) is 89.9 Å². The van der Waals surface area contributed by atoms with Gasteiger partial charge in [-0.25, -0.2) is 13.2 Å². The molecule has 0 atom stereocenters. The molecule has 0 saturated carbocycles. The molecule has 2 saturated heterocycles. The van der Waals surface area contributed by atoms with Gasteiger partial charge >= 0.3 is 5.97 Å².